The van der Waals surface area contributed by atoms with Crippen molar-refractivity contribution in [2.45, 2.75) is 45.2 Å². The summed E-state index contributed by atoms with van der Waals surface area (Å²) in [5.41, 5.74) is 1.76. The fraction of sp³-hybridized carbons (Fsp3) is 0.368. The van der Waals surface area contributed by atoms with Gasteiger partial charge < -0.3 is 9.88 Å². The average molecular weight is 350 g/mol. The van der Waals surface area contributed by atoms with E-state index < -0.39 is 0 Å². The standard InChI is InChI=1S/C19H22N6O/c26-18(9-13-24-11-5-10-20-24)21-16-7-4-6-15(14-16)19-23-22-17-8-2-1-3-12-25(17)19/h4-7,10-11,14H,1-3,8-9,12-13H2,(H,21,26). The van der Waals surface area contributed by atoms with Gasteiger partial charge >= 0.3 is 0 Å². The number of nitrogens with one attached hydrogen (secondary N) is 1. The van der Waals surface area contributed by atoms with E-state index in [0.717, 1.165) is 42.3 Å². The summed E-state index contributed by atoms with van der Waals surface area (Å²) in [5, 5.41) is 15.8. The molecule has 4 rings (SSSR count). The summed E-state index contributed by atoms with van der Waals surface area (Å²) < 4.78 is 3.97. The zero-order valence-electron chi connectivity index (χ0n) is 14.6. The SMILES string of the molecule is O=C(CCn1cccn1)Nc1cccc(-c2nnc3n2CCCCC3)c1. The van der Waals surface area contributed by atoms with E-state index in [4.69, 9.17) is 0 Å². The molecule has 134 valence electrons. The van der Waals surface area contributed by atoms with Crippen molar-refractivity contribution in [2.24, 2.45) is 0 Å². The van der Waals surface area contributed by atoms with E-state index in [1.165, 1.54) is 12.8 Å². The quantitative estimate of drug-likeness (QED) is 0.767. The Bertz CT molecular complexity index is 883. The van der Waals surface area contributed by atoms with Gasteiger partial charge in [0.05, 0.1) is 0 Å². The molecule has 0 radical (unpaired) electrons. The Balaban J connectivity index is 1.47. The minimum Gasteiger partial charge on any atom is -0.326 e. The molecule has 7 nitrogen and oxygen atoms in total. The number of aryl methyl sites for hydroxylation is 2. The highest BCUT2D eigenvalue weighted by molar-refractivity contribution is 5.91. The van der Waals surface area contributed by atoms with Gasteiger partial charge in [0.25, 0.3) is 0 Å². The molecular formula is C19H22N6O. The van der Waals surface area contributed by atoms with Gasteiger partial charge in [-0.15, -0.1) is 10.2 Å². The highest BCUT2D eigenvalue weighted by atomic mass is 16.1. The number of hydrogen-bond donors (Lipinski definition) is 1. The molecule has 3 heterocycles. The van der Waals surface area contributed by atoms with Crippen LogP contribution in [0.15, 0.2) is 42.7 Å². The van der Waals surface area contributed by atoms with Crippen LogP contribution >= 0.6 is 0 Å². The van der Waals surface area contributed by atoms with E-state index in [9.17, 15) is 4.79 Å². The van der Waals surface area contributed by atoms with Crippen LogP contribution in [0.5, 0.6) is 0 Å². The van der Waals surface area contributed by atoms with Crippen molar-refractivity contribution in [3.63, 3.8) is 0 Å². The number of anilines is 1. The third kappa shape index (κ3) is 3.66. The van der Waals surface area contributed by atoms with E-state index in [0.29, 0.717) is 13.0 Å². The maximum Gasteiger partial charge on any atom is 0.226 e. The summed E-state index contributed by atoms with van der Waals surface area (Å²) in [6.07, 6.45) is 8.48. The summed E-state index contributed by atoms with van der Waals surface area (Å²) in [7, 11) is 0. The van der Waals surface area contributed by atoms with Crippen LogP contribution in [-0.2, 0) is 24.3 Å². The van der Waals surface area contributed by atoms with Gasteiger partial charge in [-0.05, 0) is 31.0 Å². The molecule has 0 atom stereocenters. The zero-order valence-corrected chi connectivity index (χ0v) is 14.6. The van der Waals surface area contributed by atoms with Crippen molar-refractivity contribution in [1.82, 2.24) is 24.5 Å². The molecule has 0 unspecified atom stereocenters. The minimum atomic E-state index is -0.0299. The predicted molar refractivity (Wildman–Crippen MR) is 98.5 cm³/mol. The molecule has 1 aliphatic heterocycles. The first-order chi connectivity index (χ1) is 12.8. The summed E-state index contributed by atoms with van der Waals surface area (Å²) in [5.74, 6) is 1.92. The van der Waals surface area contributed by atoms with Crippen LogP contribution in [0.3, 0.4) is 0 Å². The van der Waals surface area contributed by atoms with E-state index in [1.54, 1.807) is 10.9 Å². The normalized spacial score (nSPS) is 13.8. The lowest BCUT2D eigenvalue weighted by molar-refractivity contribution is -0.116. The molecule has 3 aromatic rings. The lowest BCUT2D eigenvalue weighted by Crippen LogP contribution is -2.14. The molecule has 0 aliphatic carbocycles. The summed E-state index contributed by atoms with van der Waals surface area (Å²) in [6.45, 7) is 1.52. The molecule has 2 aromatic heterocycles. The Morgan fingerprint density at radius 1 is 1.15 bits per heavy atom. The molecule has 0 bridgehead atoms. The smallest absolute Gasteiger partial charge is 0.226 e. The third-order valence-corrected chi connectivity index (χ3v) is 4.64. The Hall–Kier alpha value is -2.96. The first kappa shape index (κ1) is 16.5. The van der Waals surface area contributed by atoms with Gasteiger partial charge in [-0.2, -0.15) is 5.10 Å². The molecule has 26 heavy (non-hydrogen) atoms. The lowest BCUT2D eigenvalue weighted by Gasteiger charge is -2.09. The van der Waals surface area contributed by atoms with Gasteiger partial charge in [-0.3, -0.25) is 9.48 Å². The Morgan fingerprint density at radius 2 is 2.12 bits per heavy atom. The Labute approximate surface area is 152 Å². The number of aromatic nitrogens is 5. The van der Waals surface area contributed by atoms with Crippen LogP contribution in [0.4, 0.5) is 5.69 Å². The summed E-state index contributed by atoms with van der Waals surface area (Å²) in [4.78, 5) is 12.2. The Kier molecular flexibility index (Phi) is 4.77. The van der Waals surface area contributed by atoms with Gasteiger partial charge in [-0.1, -0.05) is 18.6 Å². The second-order valence-electron chi connectivity index (χ2n) is 6.55. The van der Waals surface area contributed by atoms with E-state index in [2.05, 4.69) is 25.2 Å². The fourth-order valence-corrected chi connectivity index (χ4v) is 3.31. The fourth-order valence-electron chi connectivity index (χ4n) is 3.31. The third-order valence-electron chi connectivity index (χ3n) is 4.64. The second-order valence-corrected chi connectivity index (χ2v) is 6.55. The van der Waals surface area contributed by atoms with E-state index in [-0.39, 0.29) is 5.91 Å². The van der Waals surface area contributed by atoms with Gasteiger partial charge in [0.15, 0.2) is 5.82 Å². The van der Waals surface area contributed by atoms with Crippen molar-refractivity contribution in [3.05, 3.63) is 48.5 Å². The van der Waals surface area contributed by atoms with Gasteiger partial charge in [0.2, 0.25) is 5.91 Å². The maximum atomic E-state index is 12.2. The van der Waals surface area contributed by atoms with Crippen molar-refractivity contribution < 1.29 is 4.79 Å². The summed E-state index contributed by atoms with van der Waals surface area (Å²) in [6, 6.07) is 9.67. The molecule has 0 saturated heterocycles. The van der Waals surface area contributed by atoms with Gasteiger partial charge in [0.1, 0.15) is 5.82 Å². The van der Waals surface area contributed by atoms with Crippen LogP contribution in [0, 0.1) is 0 Å². The van der Waals surface area contributed by atoms with Crippen LogP contribution in [0.25, 0.3) is 11.4 Å². The monoisotopic (exact) mass is 350 g/mol. The van der Waals surface area contributed by atoms with Crippen molar-refractivity contribution in [2.75, 3.05) is 5.32 Å². The van der Waals surface area contributed by atoms with Gasteiger partial charge in [0, 0.05) is 49.6 Å². The summed E-state index contributed by atoms with van der Waals surface area (Å²) >= 11 is 0. The number of rotatable bonds is 5. The number of benzene rings is 1. The van der Waals surface area contributed by atoms with E-state index >= 15 is 0 Å². The lowest BCUT2D eigenvalue weighted by atomic mass is 10.2. The molecule has 1 N–H and O–H groups in total. The van der Waals surface area contributed by atoms with Crippen LogP contribution in [-0.4, -0.2) is 30.5 Å². The minimum absolute atomic E-state index is 0.0299. The number of fused-ring (bicyclic) bond motifs is 1. The number of hydrogen-bond acceptors (Lipinski definition) is 4. The van der Waals surface area contributed by atoms with Crippen LogP contribution in [0.2, 0.25) is 0 Å². The molecule has 1 aliphatic rings. The first-order valence-electron chi connectivity index (χ1n) is 9.09. The zero-order chi connectivity index (χ0) is 17.8. The molecule has 0 spiro atoms. The highest BCUT2D eigenvalue weighted by Crippen LogP contribution is 2.24. The van der Waals surface area contributed by atoms with Crippen molar-refractivity contribution in [1.29, 1.82) is 0 Å². The molecular weight excluding hydrogens is 328 g/mol. The molecule has 7 heteroatoms. The van der Waals surface area contributed by atoms with Crippen molar-refractivity contribution >= 4 is 11.6 Å². The second kappa shape index (κ2) is 7.51. The topological polar surface area (TPSA) is 77.6 Å². The molecule has 1 aromatic carbocycles. The van der Waals surface area contributed by atoms with Crippen LogP contribution in [0.1, 0.15) is 31.5 Å². The molecule has 0 saturated carbocycles. The number of carbonyl (C=O) groups excluding carboxylic acids is 1. The Morgan fingerprint density at radius 3 is 3.00 bits per heavy atom. The number of amides is 1. The van der Waals surface area contributed by atoms with Crippen LogP contribution < -0.4 is 5.32 Å². The predicted octanol–water partition coefficient (Wildman–Crippen LogP) is 2.90. The first-order valence-corrected chi connectivity index (χ1v) is 9.09. The maximum absolute atomic E-state index is 12.2. The average Bonchev–Trinajstić information content (AvgIpc) is 3.25. The van der Waals surface area contributed by atoms with E-state index in [1.807, 2.05) is 36.5 Å². The number of carbonyl (C=O) groups is 1. The van der Waals surface area contributed by atoms with Gasteiger partial charge in [-0.25, -0.2) is 0 Å². The molecule has 1 amide bonds. The van der Waals surface area contributed by atoms with Crippen molar-refractivity contribution in [3.8, 4) is 11.4 Å². The largest absolute Gasteiger partial charge is 0.326 e. The molecule has 0 fully saturated rings. The number of nitrogens with zero attached hydrogens (tertiary/aromatic N) is 5. The highest BCUT2D eigenvalue weighted by Gasteiger charge is 2.16.